The fraction of sp³-hybridized carbons (Fsp3) is 0.234. The first kappa shape index (κ1) is 35.6. The molecule has 0 bridgehead atoms. The highest BCUT2D eigenvalue weighted by Gasteiger charge is 2.39. The van der Waals surface area contributed by atoms with Gasteiger partial charge >= 0.3 is 0 Å². The number of imide groups is 1. The highest BCUT2D eigenvalue weighted by atomic mass is 16.7. The van der Waals surface area contributed by atoms with Crippen LogP contribution in [0.2, 0.25) is 0 Å². The van der Waals surface area contributed by atoms with Crippen LogP contribution in [0.5, 0.6) is 0 Å². The molecule has 6 aromatic rings. The maximum absolute atomic E-state index is 13.1. The molecule has 2 aliphatic heterocycles. The van der Waals surface area contributed by atoms with Crippen LogP contribution >= 0.6 is 0 Å². The Morgan fingerprint density at radius 1 is 0.685 bits per heavy atom. The normalized spacial score (nSPS) is 20.4. The van der Waals surface area contributed by atoms with Crippen LogP contribution in [0, 0.1) is 5.92 Å². The first-order valence-electron chi connectivity index (χ1n) is 18.6. The number of hydrogen-bond acceptors (Lipinski definition) is 6. The lowest BCUT2D eigenvalue weighted by Gasteiger charge is -2.43. The fourth-order valence-electron chi connectivity index (χ4n) is 7.77. The number of ether oxygens (including phenoxy) is 2. The molecular formula is C47H44N2O5. The maximum Gasteiger partial charge on any atom is 0.261 e. The third-order valence-corrected chi connectivity index (χ3v) is 11.1. The molecule has 1 N–H and O–H groups in total. The number of amides is 2. The summed E-state index contributed by atoms with van der Waals surface area (Å²) in [6.45, 7) is 5.30. The molecule has 272 valence electrons. The van der Waals surface area contributed by atoms with Gasteiger partial charge in [-0.3, -0.25) is 19.4 Å². The van der Waals surface area contributed by atoms with Gasteiger partial charge in [0, 0.05) is 24.1 Å². The number of aliphatic hydroxyl groups is 1. The van der Waals surface area contributed by atoms with Gasteiger partial charge < -0.3 is 14.6 Å². The van der Waals surface area contributed by atoms with E-state index in [1.165, 1.54) is 21.2 Å². The summed E-state index contributed by atoms with van der Waals surface area (Å²) in [7, 11) is 2.15. The van der Waals surface area contributed by atoms with Crippen molar-refractivity contribution in [2.75, 3.05) is 13.6 Å². The van der Waals surface area contributed by atoms with Crippen LogP contribution in [0.25, 0.3) is 21.9 Å². The van der Waals surface area contributed by atoms with Crippen LogP contribution in [0.3, 0.4) is 0 Å². The lowest BCUT2D eigenvalue weighted by atomic mass is 9.89. The van der Waals surface area contributed by atoms with Gasteiger partial charge in [0.15, 0.2) is 6.29 Å². The van der Waals surface area contributed by atoms with Crippen LogP contribution in [0.4, 0.5) is 0 Å². The highest BCUT2D eigenvalue weighted by molar-refractivity contribution is 6.21. The molecule has 5 atom stereocenters. The summed E-state index contributed by atoms with van der Waals surface area (Å²) >= 11 is 0. The fourth-order valence-corrected chi connectivity index (χ4v) is 7.77. The van der Waals surface area contributed by atoms with Crippen LogP contribution in [-0.2, 0) is 22.6 Å². The molecule has 8 rings (SSSR count). The smallest absolute Gasteiger partial charge is 0.261 e. The van der Waals surface area contributed by atoms with E-state index in [0.717, 1.165) is 33.4 Å². The van der Waals surface area contributed by atoms with Gasteiger partial charge in [0.1, 0.15) is 0 Å². The molecule has 0 aromatic heterocycles. The minimum atomic E-state index is -0.625. The quantitative estimate of drug-likeness (QED) is 0.143. The predicted octanol–water partition coefficient (Wildman–Crippen LogP) is 9.28. The van der Waals surface area contributed by atoms with Crippen LogP contribution < -0.4 is 0 Å². The minimum absolute atomic E-state index is 0.0144. The molecule has 2 heterocycles. The third-order valence-electron chi connectivity index (χ3n) is 11.1. The van der Waals surface area contributed by atoms with Crippen LogP contribution in [0.15, 0.2) is 140 Å². The number of likely N-dealkylation sites (N-methyl/N-ethyl adjacent to an activating group) is 1. The number of fused-ring (bicyclic) bond motifs is 2. The van der Waals surface area contributed by atoms with Crippen molar-refractivity contribution in [3.8, 4) is 11.1 Å². The minimum Gasteiger partial charge on any atom is -0.392 e. The Labute approximate surface area is 316 Å². The summed E-state index contributed by atoms with van der Waals surface area (Å²) in [5.41, 5.74) is 7.75. The molecule has 0 unspecified atom stereocenters. The number of rotatable bonds is 10. The lowest BCUT2D eigenvalue weighted by Crippen LogP contribution is -2.44. The topological polar surface area (TPSA) is 79.3 Å². The van der Waals surface area contributed by atoms with E-state index >= 15 is 0 Å². The zero-order valence-electron chi connectivity index (χ0n) is 30.8. The SMILES string of the molecule is C[C@H]1[C@@H](CN(C)[C@H](C)c2ccc3ccccc3c2)O[C@@H](c2cccc(-c3cccc(CN4C(=O)c5ccccc5C4=O)c3)c2)O[C@H]1c1ccc(CO)cc1. The second-order valence-corrected chi connectivity index (χ2v) is 14.6. The van der Waals surface area contributed by atoms with E-state index in [1.54, 1.807) is 24.3 Å². The molecule has 54 heavy (non-hydrogen) atoms. The van der Waals surface area contributed by atoms with E-state index in [0.29, 0.717) is 17.7 Å². The number of aliphatic hydroxyl groups excluding tert-OH is 1. The molecule has 1 fully saturated rings. The van der Waals surface area contributed by atoms with Crippen molar-refractivity contribution in [2.24, 2.45) is 5.92 Å². The standard InChI is InChI=1S/C47H44N2O5/c1-30-43(28-48(3)31(2)36-23-22-34-11-4-5-12-38(34)25-36)53-47(54-44(30)35-20-18-32(29-50)19-21-35)40-15-9-14-39(26-40)37-13-8-10-33(24-37)27-49-45(51)41-16-6-7-17-42(41)46(49)52/h4-26,30-31,43-44,47,50H,27-29H2,1-3H3/t30-,31+,43+,44+,47+/m0/s1. The van der Waals surface area contributed by atoms with Gasteiger partial charge in [-0.15, -0.1) is 0 Å². The van der Waals surface area contributed by atoms with E-state index in [4.69, 9.17) is 9.47 Å². The summed E-state index contributed by atoms with van der Waals surface area (Å²) in [6, 6.07) is 46.4. The van der Waals surface area contributed by atoms with Crippen molar-refractivity contribution >= 4 is 22.6 Å². The Balaban J connectivity index is 1.05. The van der Waals surface area contributed by atoms with Gasteiger partial charge in [-0.05, 0) is 88.5 Å². The van der Waals surface area contributed by atoms with Crippen molar-refractivity contribution in [3.63, 3.8) is 0 Å². The molecular weight excluding hydrogens is 673 g/mol. The van der Waals surface area contributed by atoms with E-state index in [2.05, 4.69) is 80.4 Å². The summed E-state index contributed by atoms with van der Waals surface area (Å²) in [5, 5.41) is 12.2. The van der Waals surface area contributed by atoms with E-state index in [9.17, 15) is 14.7 Å². The second-order valence-electron chi connectivity index (χ2n) is 14.6. The Kier molecular flexibility index (Phi) is 9.97. The number of benzene rings is 6. The summed E-state index contributed by atoms with van der Waals surface area (Å²) in [6.07, 6.45) is -1.01. The molecule has 2 amide bonds. The van der Waals surface area contributed by atoms with E-state index < -0.39 is 6.29 Å². The zero-order chi connectivity index (χ0) is 37.3. The summed E-state index contributed by atoms with van der Waals surface area (Å²) < 4.78 is 13.7. The second kappa shape index (κ2) is 15.1. The van der Waals surface area contributed by atoms with Gasteiger partial charge in [0.05, 0.1) is 36.5 Å². The monoisotopic (exact) mass is 716 g/mol. The van der Waals surface area contributed by atoms with Gasteiger partial charge in [0.25, 0.3) is 11.8 Å². The summed E-state index contributed by atoms with van der Waals surface area (Å²) in [4.78, 5) is 29.8. The van der Waals surface area contributed by atoms with Crippen molar-refractivity contribution in [3.05, 3.63) is 178 Å². The molecule has 2 aliphatic rings. The predicted molar refractivity (Wildman–Crippen MR) is 210 cm³/mol. The Bertz CT molecular complexity index is 2290. The average Bonchev–Trinajstić information content (AvgIpc) is 3.45. The van der Waals surface area contributed by atoms with Crippen LogP contribution in [0.1, 0.15) is 80.8 Å². The van der Waals surface area contributed by atoms with Gasteiger partial charge in [-0.2, -0.15) is 0 Å². The zero-order valence-corrected chi connectivity index (χ0v) is 30.8. The van der Waals surface area contributed by atoms with Crippen molar-refractivity contribution in [1.29, 1.82) is 0 Å². The van der Waals surface area contributed by atoms with Crippen LogP contribution in [-0.4, -0.2) is 46.4 Å². The molecule has 0 radical (unpaired) electrons. The van der Waals surface area contributed by atoms with E-state index in [-0.39, 0.29) is 49.1 Å². The maximum atomic E-state index is 13.1. The third kappa shape index (κ3) is 6.99. The first-order valence-corrected chi connectivity index (χ1v) is 18.6. The summed E-state index contributed by atoms with van der Waals surface area (Å²) in [5.74, 6) is -0.498. The van der Waals surface area contributed by atoms with Gasteiger partial charge in [-0.25, -0.2) is 0 Å². The van der Waals surface area contributed by atoms with Gasteiger partial charge in [-0.1, -0.05) is 116 Å². The Morgan fingerprint density at radius 2 is 1.35 bits per heavy atom. The molecule has 7 heteroatoms. The van der Waals surface area contributed by atoms with Crippen molar-refractivity contribution in [1.82, 2.24) is 9.80 Å². The number of nitrogens with zero attached hydrogens (tertiary/aromatic N) is 2. The molecule has 7 nitrogen and oxygen atoms in total. The van der Waals surface area contributed by atoms with Crippen molar-refractivity contribution in [2.45, 2.75) is 51.5 Å². The molecule has 0 spiro atoms. The number of hydrogen-bond donors (Lipinski definition) is 1. The highest BCUT2D eigenvalue weighted by Crippen LogP contribution is 2.43. The molecule has 6 aromatic carbocycles. The number of carbonyl (C=O) groups is 2. The van der Waals surface area contributed by atoms with Crippen molar-refractivity contribution < 1.29 is 24.2 Å². The largest absolute Gasteiger partial charge is 0.392 e. The molecule has 0 saturated carbocycles. The Morgan fingerprint density at radius 3 is 2.07 bits per heavy atom. The lowest BCUT2D eigenvalue weighted by molar-refractivity contribution is -0.276. The molecule has 1 saturated heterocycles. The molecule has 0 aliphatic carbocycles. The van der Waals surface area contributed by atoms with Gasteiger partial charge in [0.2, 0.25) is 0 Å². The average molecular weight is 717 g/mol. The first-order chi connectivity index (χ1) is 26.3. The number of carbonyl (C=O) groups excluding carboxylic acids is 2. The Hall–Kier alpha value is -5.44. The van der Waals surface area contributed by atoms with E-state index in [1.807, 2.05) is 60.7 Å².